The van der Waals surface area contributed by atoms with E-state index in [2.05, 4.69) is 21.7 Å². The van der Waals surface area contributed by atoms with Gasteiger partial charge in [0.1, 0.15) is 5.60 Å². The van der Waals surface area contributed by atoms with Crippen molar-refractivity contribution in [1.29, 1.82) is 0 Å². The summed E-state index contributed by atoms with van der Waals surface area (Å²) in [7, 11) is 0. The first-order chi connectivity index (χ1) is 12.2. The summed E-state index contributed by atoms with van der Waals surface area (Å²) in [4.78, 5) is 23.1. The van der Waals surface area contributed by atoms with E-state index in [4.69, 9.17) is 10.5 Å². The number of rotatable bonds is 4. The predicted molar refractivity (Wildman–Crippen MR) is 105 cm³/mol. The topological polar surface area (TPSA) is 74.4 Å². The molecule has 2 rings (SSSR count). The molecular weight excluding hydrogens is 330 g/mol. The zero-order valence-electron chi connectivity index (χ0n) is 17.0. The van der Waals surface area contributed by atoms with Crippen LogP contribution in [0.25, 0.3) is 0 Å². The van der Waals surface area contributed by atoms with Gasteiger partial charge in [-0.15, -0.1) is 0 Å². The van der Waals surface area contributed by atoms with Crippen molar-refractivity contribution in [2.75, 3.05) is 52.4 Å². The number of ether oxygens (including phenoxy) is 1. The molecular formula is C19H37N5O2. The molecule has 150 valence electrons. The summed E-state index contributed by atoms with van der Waals surface area (Å²) in [6.07, 6.45) is 3.76. The number of nitrogens with two attached hydrogens (primary N) is 1. The number of hydrogen-bond donors (Lipinski definition) is 1. The second-order valence-electron chi connectivity index (χ2n) is 8.62. The Morgan fingerprint density at radius 3 is 2.19 bits per heavy atom. The highest BCUT2D eigenvalue weighted by atomic mass is 16.6. The van der Waals surface area contributed by atoms with Crippen LogP contribution in [0.4, 0.5) is 4.79 Å². The van der Waals surface area contributed by atoms with E-state index in [0.717, 1.165) is 13.1 Å². The largest absolute Gasteiger partial charge is 0.444 e. The van der Waals surface area contributed by atoms with Crippen LogP contribution in [0.1, 0.15) is 47.0 Å². The first-order valence-corrected chi connectivity index (χ1v) is 10.00. The lowest BCUT2D eigenvalue weighted by Gasteiger charge is -2.36. The summed E-state index contributed by atoms with van der Waals surface area (Å²) in [6, 6.07) is 0. The second-order valence-corrected chi connectivity index (χ2v) is 8.62. The number of piperazine rings is 1. The number of piperidine rings is 1. The molecule has 0 bridgehead atoms. The van der Waals surface area contributed by atoms with E-state index in [9.17, 15) is 4.79 Å². The normalized spacial score (nSPS) is 21.6. The van der Waals surface area contributed by atoms with Crippen molar-refractivity contribution in [3.63, 3.8) is 0 Å². The van der Waals surface area contributed by atoms with Gasteiger partial charge in [-0.3, -0.25) is 4.99 Å². The monoisotopic (exact) mass is 367 g/mol. The van der Waals surface area contributed by atoms with E-state index in [1.54, 1.807) is 4.90 Å². The van der Waals surface area contributed by atoms with Crippen molar-refractivity contribution in [2.24, 2.45) is 16.6 Å². The van der Waals surface area contributed by atoms with Gasteiger partial charge in [0.25, 0.3) is 0 Å². The molecule has 2 fully saturated rings. The van der Waals surface area contributed by atoms with Gasteiger partial charge in [-0.25, -0.2) is 4.79 Å². The van der Waals surface area contributed by atoms with Crippen LogP contribution in [0.2, 0.25) is 0 Å². The number of guanidine groups is 1. The first kappa shape index (κ1) is 20.8. The van der Waals surface area contributed by atoms with E-state index in [1.165, 1.54) is 32.4 Å². The molecule has 2 heterocycles. The van der Waals surface area contributed by atoms with Crippen molar-refractivity contribution in [2.45, 2.75) is 52.6 Å². The molecule has 0 aliphatic carbocycles. The van der Waals surface area contributed by atoms with Crippen LogP contribution in [0.3, 0.4) is 0 Å². The van der Waals surface area contributed by atoms with E-state index < -0.39 is 5.60 Å². The van der Waals surface area contributed by atoms with Gasteiger partial charge in [0.15, 0.2) is 5.96 Å². The third-order valence-electron chi connectivity index (χ3n) is 4.84. The van der Waals surface area contributed by atoms with Gasteiger partial charge in [-0.05, 0) is 52.6 Å². The number of carbonyl (C=O) groups excluding carboxylic acids is 1. The van der Waals surface area contributed by atoms with Crippen molar-refractivity contribution in [1.82, 2.24) is 14.7 Å². The Hall–Kier alpha value is -1.50. The number of hydrogen-bond acceptors (Lipinski definition) is 4. The minimum Gasteiger partial charge on any atom is -0.444 e. The van der Waals surface area contributed by atoms with Crippen LogP contribution in [0.15, 0.2) is 4.99 Å². The Morgan fingerprint density at radius 2 is 1.62 bits per heavy atom. The van der Waals surface area contributed by atoms with Gasteiger partial charge < -0.3 is 25.2 Å². The highest BCUT2D eigenvalue weighted by Crippen LogP contribution is 2.13. The molecule has 1 amide bonds. The van der Waals surface area contributed by atoms with Crippen LogP contribution in [-0.4, -0.2) is 84.7 Å². The van der Waals surface area contributed by atoms with Crippen LogP contribution in [0, 0.1) is 5.92 Å². The molecule has 0 spiro atoms. The summed E-state index contributed by atoms with van der Waals surface area (Å²) in [5.74, 6) is 1.11. The standard InChI is InChI=1S/C19H37N5O2/c1-16(15-22-8-6-5-7-9-22)14-21-17(20)23-10-12-24(13-11-23)18(25)26-19(2,3)4/h16H,5-15H2,1-4H3,(H2,20,21). The fraction of sp³-hybridized carbons (Fsp3) is 0.895. The Balaban J connectivity index is 1.72. The minimum atomic E-state index is -0.459. The molecule has 0 radical (unpaired) electrons. The maximum Gasteiger partial charge on any atom is 0.410 e. The molecule has 2 N–H and O–H groups in total. The van der Waals surface area contributed by atoms with E-state index in [-0.39, 0.29) is 6.09 Å². The SMILES string of the molecule is CC(CN=C(N)N1CCN(C(=O)OC(C)(C)C)CC1)CN1CCCCC1. The molecule has 0 aromatic carbocycles. The van der Waals surface area contributed by atoms with Gasteiger partial charge in [0.05, 0.1) is 0 Å². The van der Waals surface area contributed by atoms with Gasteiger partial charge in [-0.1, -0.05) is 13.3 Å². The summed E-state index contributed by atoms with van der Waals surface area (Å²) >= 11 is 0. The molecule has 0 aromatic rings. The Labute approximate surface area is 158 Å². The Morgan fingerprint density at radius 1 is 1.04 bits per heavy atom. The average Bonchev–Trinajstić information content (AvgIpc) is 2.59. The van der Waals surface area contributed by atoms with E-state index in [1.807, 2.05) is 20.8 Å². The fourth-order valence-electron chi connectivity index (χ4n) is 3.43. The maximum absolute atomic E-state index is 12.1. The average molecular weight is 368 g/mol. The molecule has 2 aliphatic heterocycles. The van der Waals surface area contributed by atoms with Gasteiger partial charge in [-0.2, -0.15) is 0 Å². The highest BCUT2D eigenvalue weighted by Gasteiger charge is 2.26. The van der Waals surface area contributed by atoms with E-state index in [0.29, 0.717) is 38.1 Å². The van der Waals surface area contributed by atoms with Crippen molar-refractivity contribution < 1.29 is 9.53 Å². The fourth-order valence-corrected chi connectivity index (χ4v) is 3.43. The maximum atomic E-state index is 12.1. The second kappa shape index (κ2) is 9.44. The smallest absolute Gasteiger partial charge is 0.410 e. The number of aliphatic imine (C=N–C) groups is 1. The van der Waals surface area contributed by atoms with Gasteiger partial charge >= 0.3 is 6.09 Å². The number of carbonyl (C=O) groups is 1. The molecule has 7 nitrogen and oxygen atoms in total. The van der Waals surface area contributed by atoms with Crippen LogP contribution < -0.4 is 5.73 Å². The quantitative estimate of drug-likeness (QED) is 0.607. The van der Waals surface area contributed by atoms with Gasteiger partial charge in [0, 0.05) is 39.3 Å². The summed E-state index contributed by atoms with van der Waals surface area (Å²) < 4.78 is 5.43. The minimum absolute atomic E-state index is 0.247. The van der Waals surface area contributed by atoms with Crippen molar-refractivity contribution in [3.8, 4) is 0 Å². The molecule has 2 aliphatic rings. The first-order valence-electron chi connectivity index (χ1n) is 10.00. The summed E-state index contributed by atoms with van der Waals surface area (Å²) in [6.45, 7) is 14.8. The van der Waals surface area contributed by atoms with Gasteiger partial charge in [0.2, 0.25) is 0 Å². The molecule has 26 heavy (non-hydrogen) atoms. The predicted octanol–water partition coefficient (Wildman–Crippen LogP) is 1.98. The number of nitrogens with zero attached hydrogens (tertiary/aromatic N) is 4. The molecule has 1 unspecified atom stereocenters. The Bertz CT molecular complexity index is 475. The molecule has 1 atom stereocenters. The van der Waals surface area contributed by atoms with Crippen molar-refractivity contribution >= 4 is 12.1 Å². The lowest BCUT2D eigenvalue weighted by Crippen LogP contribution is -2.53. The molecule has 0 aromatic heterocycles. The zero-order chi connectivity index (χ0) is 19.2. The lowest BCUT2D eigenvalue weighted by atomic mass is 10.1. The highest BCUT2D eigenvalue weighted by molar-refractivity contribution is 5.78. The lowest BCUT2D eigenvalue weighted by molar-refractivity contribution is 0.0186. The Kier molecular flexibility index (Phi) is 7.55. The summed E-state index contributed by atoms with van der Waals surface area (Å²) in [5, 5.41) is 0. The summed E-state index contributed by atoms with van der Waals surface area (Å²) in [5.41, 5.74) is 5.72. The zero-order valence-corrected chi connectivity index (χ0v) is 17.0. The molecule has 0 saturated carbocycles. The third kappa shape index (κ3) is 7.02. The van der Waals surface area contributed by atoms with Crippen LogP contribution >= 0.6 is 0 Å². The van der Waals surface area contributed by atoms with Crippen LogP contribution in [0.5, 0.6) is 0 Å². The van der Waals surface area contributed by atoms with Crippen molar-refractivity contribution in [3.05, 3.63) is 0 Å². The number of amides is 1. The molecule has 2 saturated heterocycles. The molecule has 7 heteroatoms. The van der Waals surface area contributed by atoms with Crippen LogP contribution in [-0.2, 0) is 4.74 Å². The van der Waals surface area contributed by atoms with E-state index >= 15 is 0 Å². The third-order valence-corrected chi connectivity index (χ3v) is 4.84. The number of likely N-dealkylation sites (tertiary alicyclic amines) is 1.